The first-order valence-corrected chi connectivity index (χ1v) is 13.0. The summed E-state index contributed by atoms with van der Waals surface area (Å²) in [6.45, 7) is 4.07. The molecule has 2 aromatic rings. The van der Waals surface area contributed by atoms with Crippen molar-refractivity contribution in [1.82, 2.24) is 9.55 Å². The van der Waals surface area contributed by atoms with Crippen LogP contribution in [0, 0.1) is 5.92 Å². The molecule has 0 radical (unpaired) electrons. The first kappa shape index (κ1) is 25.7. The van der Waals surface area contributed by atoms with Crippen molar-refractivity contribution in [2.24, 2.45) is 5.92 Å². The highest BCUT2D eigenvalue weighted by Crippen LogP contribution is 2.26. The van der Waals surface area contributed by atoms with Crippen molar-refractivity contribution in [3.63, 3.8) is 0 Å². The van der Waals surface area contributed by atoms with E-state index in [1.165, 1.54) is 11.7 Å². The molecule has 34 heavy (non-hydrogen) atoms. The molecule has 0 spiro atoms. The van der Waals surface area contributed by atoms with Gasteiger partial charge in [-0.25, -0.2) is 13.2 Å². The summed E-state index contributed by atoms with van der Waals surface area (Å²) in [4.78, 5) is 41.6. The van der Waals surface area contributed by atoms with Crippen LogP contribution in [0.15, 0.2) is 32.7 Å². The standard InChI is InChI=1S/C23H32N4O6S/c1-15(2)14-27-21(24)20(22(29)25-23(27)30)26(10-11-33-3)19(28)9-12-34(31,32)18-8-7-16-5-4-6-17(16)13-18/h7-8,13,15H,4-6,9-12,14,24H2,1-3H3,(H,25,29,30). The molecule has 1 amide bonds. The molecule has 0 saturated carbocycles. The maximum atomic E-state index is 13.1. The topological polar surface area (TPSA) is 145 Å². The molecule has 1 aromatic carbocycles. The molecule has 1 aromatic heterocycles. The third-order valence-electron chi connectivity index (χ3n) is 5.87. The largest absolute Gasteiger partial charge is 0.383 e. The van der Waals surface area contributed by atoms with E-state index >= 15 is 0 Å². The first-order valence-electron chi connectivity index (χ1n) is 11.3. The summed E-state index contributed by atoms with van der Waals surface area (Å²) in [5.41, 5.74) is 6.68. The lowest BCUT2D eigenvalue weighted by molar-refractivity contribution is -0.118. The van der Waals surface area contributed by atoms with Crippen molar-refractivity contribution in [3.05, 3.63) is 50.2 Å². The smallest absolute Gasteiger partial charge is 0.330 e. The van der Waals surface area contributed by atoms with E-state index < -0.39 is 32.7 Å². The third kappa shape index (κ3) is 5.58. The van der Waals surface area contributed by atoms with Gasteiger partial charge in [0, 0.05) is 26.6 Å². The normalized spacial score (nSPS) is 13.3. The fourth-order valence-electron chi connectivity index (χ4n) is 4.14. The molecule has 0 atom stereocenters. The quantitative estimate of drug-likeness (QED) is 0.505. The Labute approximate surface area is 198 Å². The average Bonchev–Trinajstić information content (AvgIpc) is 3.25. The summed E-state index contributed by atoms with van der Waals surface area (Å²) in [6.07, 6.45) is 2.43. The van der Waals surface area contributed by atoms with Gasteiger partial charge in [0.15, 0.2) is 15.5 Å². The Bertz CT molecular complexity index is 1280. The monoisotopic (exact) mass is 492 g/mol. The molecule has 3 N–H and O–H groups in total. The Balaban J connectivity index is 1.88. The molecule has 1 heterocycles. The van der Waals surface area contributed by atoms with Gasteiger partial charge in [-0.1, -0.05) is 19.9 Å². The number of nitrogens with two attached hydrogens (primary N) is 1. The van der Waals surface area contributed by atoms with Gasteiger partial charge in [0.25, 0.3) is 5.56 Å². The molecule has 0 aliphatic heterocycles. The number of carbonyl (C=O) groups is 1. The van der Waals surface area contributed by atoms with E-state index in [1.54, 1.807) is 12.1 Å². The number of aromatic nitrogens is 2. The third-order valence-corrected chi connectivity index (χ3v) is 7.58. The van der Waals surface area contributed by atoms with Crippen molar-refractivity contribution in [3.8, 4) is 0 Å². The number of sulfone groups is 1. The number of hydrogen-bond acceptors (Lipinski definition) is 7. The number of rotatable bonds is 10. The van der Waals surface area contributed by atoms with E-state index in [9.17, 15) is 22.8 Å². The van der Waals surface area contributed by atoms with Gasteiger partial charge in [-0.2, -0.15) is 0 Å². The number of amides is 1. The lowest BCUT2D eigenvalue weighted by Gasteiger charge is -2.24. The summed E-state index contributed by atoms with van der Waals surface area (Å²) in [5, 5.41) is 0. The maximum Gasteiger partial charge on any atom is 0.330 e. The number of nitrogens with zero attached hydrogens (tertiary/aromatic N) is 2. The van der Waals surface area contributed by atoms with E-state index in [2.05, 4.69) is 4.98 Å². The molecule has 186 valence electrons. The zero-order valence-corrected chi connectivity index (χ0v) is 20.6. The van der Waals surface area contributed by atoms with Crippen LogP contribution in [0.5, 0.6) is 0 Å². The maximum absolute atomic E-state index is 13.1. The molecule has 0 saturated heterocycles. The van der Waals surface area contributed by atoms with Gasteiger partial charge in [0.05, 0.1) is 17.3 Å². The van der Waals surface area contributed by atoms with Crippen LogP contribution < -0.4 is 21.9 Å². The number of hydrogen-bond donors (Lipinski definition) is 2. The molecule has 0 bridgehead atoms. The Hall–Kier alpha value is -2.92. The number of benzene rings is 1. The second-order valence-corrected chi connectivity index (χ2v) is 11.0. The molecular formula is C23H32N4O6S. The van der Waals surface area contributed by atoms with Crippen molar-refractivity contribution in [2.75, 3.05) is 36.6 Å². The fourth-order valence-corrected chi connectivity index (χ4v) is 5.42. The number of nitrogen functional groups attached to an aromatic ring is 1. The van der Waals surface area contributed by atoms with E-state index in [4.69, 9.17) is 10.5 Å². The van der Waals surface area contributed by atoms with Crippen LogP contribution in [0.25, 0.3) is 0 Å². The highest BCUT2D eigenvalue weighted by atomic mass is 32.2. The highest BCUT2D eigenvalue weighted by Gasteiger charge is 2.26. The Morgan fingerprint density at radius 1 is 1.24 bits per heavy atom. The van der Waals surface area contributed by atoms with E-state index in [0.29, 0.717) is 0 Å². The number of anilines is 2. The number of ether oxygens (including phenoxy) is 1. The van der Waals surface area contributed by atoms with E-state index in [1.807, 2.05) is 19.9 Å². The van der Waals surface area contributed by atoms with Crippen molar-refractivity contribution >= 4 is 27.2 Å². The van der Waals surface area contributed by atoms with Crippen LogP contribution in [0.1, 0.15) is 37.8 Å². The minimum Gasteiger partial charge on any atom is -0.383 e. The van der Waals surface area contributed by atoms with E-state index in [-0.39, 0.29) is 48.4 Å². The predicted molar refractivity (Wildman–Crippen MR) is 130 cm³/mol. The number of H-pyrrole nitrogens is 1. The molecule has 1 aliphatic carbocycles. The second-order valence-electron chi connectivity index (χ2n) is 8.89. The van der Waals surface area contributed by atoms with Gasteiger partial charge in [0.2, 0.25) is 5.91 Å². The van der Waals surface area contributed by atoms with Gasteiger partial charge in [0.1, 0.15) is 5.82 Å². The fraction of sp³-hybridized carbons (Fsp3) is 0.522. The minimum absolute atomic E-state index is 0.0264. The number of fused-ring (bicyclic) bond motifs is 1. The number of methoxy groups -OCH3 is 1. The first-order chi connectivity index (χ1) is 16.0. The lowest BCUT2D eigenvalue weighted by Crippen LogP contribution is -2.43. The van der Waals surface area contributed by atoms with Crippen LogP contribution in [-0.2, 0) is 38.8 Å². The predicted octanol–water partition coefficient (Wildman–Crippen LogP) is 1.11. The summed E-state index contributed by atoms with van der Waals surface area (Å²) in [7, 11) is -2.28. The molecule has 0 unspecified atom stereocenters. The molecule has 0 fully saturated rings. The number of carbonyl (C=O) groups excluding carboxylic acids is 1. The average molecular weight is 493 g/mol. The van der Waals surface area contributed by atoms with Crippen molar-refractivity contribution < 1.29 is 17.9 Å². The summed E-state index contributed by atoms with van der Waals surface area (Å²) in [6, 6.07) is 5.10. The zero-order chi connectivity index (χ0) is 25.0. The van der Waals surface area contributed by atoms with Crippen LogP contribution in [0.2, 0.25) is 0 Å². The van der Waals surface area contributed by atoms with Gasteiger partial charge in [-0.15, -0.1) is 0 Å². The Morgan fingerprint density at radius 3 is 2.62 bits per heavy atom. The molecule has 10 nitrogen and oxygen atoms in total. The molecule has 1 aliphatic rings. The second kappa shape index (κ2) is 10.6. The van der Waals surface area contributed by atoms with Crippen molar-refractivity contribution in [1.29, 1.82) is 0 Å². The molecule has 11 heteroatoms. The van der Waals surface area contributed by atoms with Crippen molar-refractivity contribution in [2.45, 2.75) is 51.0 Å². The van der Waals surface area contributed by atoms with Gasteiger partial charge < -0.3 is 15.4 Å². The highest BCUT2D eigenvalue weighted by molar-refractivity contribution is 7.91. The number of aryl methyl sites for hydroxylation is 2. The summed E-state index contributed by atoms with van der Waals surface area (Å²) < 4.78 is 32.1. The van der Waals surface area contributed by atoms with Crippen LogP contribution in [0.3, 0.4) is 0 Å². The minimum atomic E-state index is -3.72. The van der Waals surface area contributed by atoms with Crippen LogP contribution in [-0.4, -0.2) is 49.9 Å². The summed E-state index contributed by atoms with van der Waals surface area (Å²) in [5.74, 6) is -1.11. The lowest BCUT2D eigenvalue weighted by atomic mass is 10.1. The number of nitrogens with one attached hydrogen (secondary N) is 1. The van der Waals surface area contributed by atoms with Gasteiger partial charge in [-0.3, -0.25) is 19.1 Å². The summed E-state index contributed by atoms with van der Waals surface area (Å²) >= 11 is 0. The van der Waals surface area contributed by atoms with Crippen LogP contribution in [0.4, 0.5) is 11.5 Å². The molecule has 3 rings (SSSR count). The van der Waals surface area contributed by atoms with Gasteiger partial charge in [-0.05, 0) is 48.4 Å². The molecular weight excluding hydrogens is 460 g/mol. The SMILES string of the molecule is COCCN(C(=O)CCS(=O)(=O)c1ccc2c(c1)CCC2)c1c(N)n(CC(C)C)c(=O)[nH]c1=O. The zero-order valence-electron chi connectivity index (χ0n) is 19.8. The Kier molecular flexibility index (Phi) is 7.98. The van der Waals surface area contributed by atoms with E-state index in [0.717, 1.165) is 35.3 Å². The number of aromatic amines is 1. The van der Waals surface area contributed by atoms with Crippen LogP contribution >= 0.6 is 0 Å². The van der Waals surface area contributed by atoms with Gasteiger partial charge >= 0.3 is 5.69 Å². The Morgan fingerprint density at radius 2 is 1.94 bits per heavy atom.